The summed E-state index contributed by atoms with van der Waals surface area (Å²) in [7, 11) is 1.58. The number of carboxylic acids is 1. The molecule has 2 N–H and O–H groups in total. The van der Waals surface area contributed by atoms with Crippen molar-refractivity contribution < 1.29 is 19.4 Å². The van der Waals surface area contributed by atoms with Crippen LogP contribution in [0.3, 0.4) is 0 Å². The van der Waals surface area contributed by atoms with Crippen molar-refractivity contribution in [3.63, 3.8) is 0 Å². The second-order valence-corrected chi connectivity index (χ2v) is 5.84. The van der Waals surface area contributed by atoms with Crippen LogP contribution in [0, 0.1) is 0 Å². The maximum atomic E-state index is 12.7. The number of carboxylic acid groups (broad SMARTS) is 1. The third kappa shape index (κ3) is 3.49. The van der Waals surface area contributed by atoms with Gasteiger partial charge in [-0.1, -0.05) is 30.3 Å². The minimum absolute atomic E-state index is 0.376. The SMILES string of the molecule is COc1cccc(-c2cc(C(=O)NC(C)C(=O)O)c3ccccc3n2)c1. The van der Waals surface area contributed by atoms with Crippen molar-refractivity contribution in [2.24, 2.45) is 0 Å². The fourth-order valence-electron chi connectivity index (χ4n) is 2.63. The number of nitrogens with one attached hydrogen (secondary N) is 1. The van der Waals surface area contributed by atoms with Crippen molar-refractivity contribution in [3.05, 3.63) is 60.2 Å². The standard InChI is InChI=1S/C20H18N2O4/c1-12(20(24)25)21-19(23)16-11-18(13-6-5-7-14(10-13)26-2)22-17-9-4-3-8-15(16)17/h3-12H,1-2H3,(H,21,23)(H,24,25). The minimum atomic E-state index is -1.09. The monoisotopic (exact) mass is 350 g/mol. The smallest absolute Gasteiger partial charge is 0.325 e. The molecule has 3 aromatic rings. The van der Waals surface area contributed by atoms with E-state index in [1.54, 1.807) is 19.2 Å². The quantitative estimate of drug-likeness (QED) is 0.738. The molecule has 1 amide bonds. The van der Waals surface area contributed by atoms with Crippen LogP contribution in [-0.2, 0) is 4.79 Å². The number of nitrogens with zero attached hydrogens (tertiary/aromatic N) is 1. The van der Waals surface area contributed by atoms with Crippen LogP contribution in [0.5, 0.6) is 5.75 Å². The maximum absolute atomic E-state index is 12.7. The van der Waals surface area contributed by atoms with Crippen molar-refractivity contribution in [2.75, 3.05) is 7.11 Å². The molecular weight excluding hydrogens is 332 g/mol. The Kier molecular flexibility index (Phi) is 4.84. The summed E-state index contributed by atoms with van der Waals surface area (Å²) in [5.41, 5.74) is 2.44. The van der Waals surface area contributed by atoms with E-state index in [2.05, 4.69) is 10.3 Å². The topological polar surface area (TPSA) is 88.5 Å². The van der Waals surface area contributed by atoms with E-state index in [-0.39, 0.29) is 0 Å². The molecule has 0 aliphatic carbocycles. The first-order valence-electron chi connectivity index (χ1n) is 8.07. The number of hydrogen-bond acceptors (Lipinski definition) is 4. The number of carbonyl (C=O) groups excluding carboxylic acids is 1. The van der Waals surface area contributed by atoms with E-state index >= 15 is 0 Å². The molecule has 0 saturated carbocycles. The molecule has 6 heteroatoms. The zero-order valence-electron chi connectivity index (χ0n) is 14.4. The molecule has 1 unspecified atom stereocenters. The highest BCUT2D eigenvalue weighted by atomic mass is 16.5. The van der Waals surface area contributed by atoms with Crippen molar-refractivity contribution in [1.82, 2.24) is 10.3 Å². The number of carbonyl (C=O) groups is 2. The summed E-state index contributed by atoms with van der Waals surface area (Å²) in [6.45, 7) is 1.42. The Hall–Kier alpha value is -3.41. The predicted molar refractivity (Wildman–Crippen MR) is 98.3 cm³/mol. The number of para-hydroxylation sites is 1. The molecule has 0 fully saturated rings. The van der Waals surface area contributed by atoms with Crippen LogP contribution in [0.1, 0.15) is 17.3 Å². The highest BCUT2D eigenvalue weighted by Gasteiger charge is 2.18. The summed E-state index contributed by atoms with van der Waals surface area (Å²) in [4.78, 5) is 28.3. The molecule has 2 aromatic carbocycles. The molecule has 0 spiro atoms. The molecule has 6 nitrogen and oxygen atoms in total. The number of aliphatic carboxylic acids is 1. The van der Waals surface area contributed by atoms with Crippen molar-refractivity contribution in [3.8, 4) is 17.0 Å². The van der Waals surface area contributed by atoms with Crippen LogP contribution in [0.2, 0.25) is 0 Å². The van der Waals surface area contributed by atoms with Gasteiger partial charge in [-0.25, -0.2) is 4.98 Å². The summed E-state index contributed by atoms with van der Waals surface area (Å²) in [5.74, 6) is -0.865. The molecule has 1 atom stereocenters. The molecule has 0 saturated heterocycles. The zero-order valence-corrected chi connectivity index (χ0v) is 14.4. The molecule has 1 aromatic heterocycles. The Balaban J connectivity index is 2.12. The summed E-state index contributed by atoms with van der Waals surface area (Å²) in [6, 6.07) is 15.3. The molecule has 132 valence electrons. The Bertz CT molecular complexity index is 984. The number of hydrogen-bond donors (Lipinski definition) is 2. The molecule has 0 aliphatic rings. The number of amides is 1. The van der Waals surface area contributed by atoms with Gasteiger partial charge in [0.25, 0.3) is 5.91 Å². The fraction of sp³-hybridized carbons (Fsp3) is 0.150. The molecule has 0 radical (unpaired) electrons. The van der Waals surface area contributed by atoms with Gasteiger partial charge in [0.05, 0.1) is 23.9 Å². The normalized spacial score (nSPS) is 11.8. The van der Waals surface area contributed by atoms with E-state index in [0.717, 1.165) is 5.56 Å². The summed E-state index contributed by atoms with van der Waals surface area (Å²) >= 11 is 0. The third-order valence-corrected chi connectivity index (χ3v) is 4.04. The fourth-order valence-corrected chi connectivity index (χ4v) is 2.63. The average Bonchev–Trinajstić information content (AvgIpc) is 2.66. The van der Waals surface area contributed by atoms with Gasteiger partial charge in [0.1, 0.15) is 11.8 Å². The largest absolute Gasteiger partial charge is 0.497 e. The number of fused-ring (bicyclic) bond motifs is 1. The van der Waals surface area contributed by atoms with Crippen LogP contribution in [0.4, 0.5) is 0 Å². The molecule has 1 heterocycles. The molecular formula is C20H18N2O4. The Labute approximate surface area is 150 Å². The average molecular weight is 350 g/mol. The van der Waals surface area contributed by atoms with Crippen LogP contribution < -0.4 is 10.1 Å². The first-order valence-corrected chi connectivity index (χ1v) is 8.07. The summed E-state index contributed by atoms with van der Waals surface area (Å²) < 4.78 is 5.25. The van der Waals surface area contributed by atoms with Crippen LogP contribution >= 0.6 is 0 Å². The van der Waals surface area contributed by atoms with Gasteiger partial charge in [-0.15, -0.1) is 0 Å². The Morgan fingerprint density at radius 3 is 2.62 bits per heavy atom. The number of benzene rings is 2. The number of methoxy groups -OCH3 is 1. The van der Waals surface area contributed by atoms with E-state index in [0.29, 0.717) is 27.9 Å². The summed E-state index contributed by atoms with van der Waals surface area (Å²) in [5, 5.41) is 12.2. The Morgan fingerprint density at radius 2 is 1.88 bits per heavy atom. The van der Waals surface area contributed by atoms with Gasteiger partial charge in [-0.05, 0) is 31.2 Å². The molecule has 26 heavy (non-hydrogen) atoms. The van der Waals surface area contributed by atoms with Crippen molar-refractivity contribution in [1.29, 1.82) is 0 Å². The number of aromatic nitrogens is 1. The predicted octanol–water partition coefficient (Wildman–Crippen LogP) is 3.11. The number of pyridine rings is 1. The number of ether oxygens (including phenoxy) is 1. The van der Waals surface area contributed by atoms with Gasteiger partial charge < -0.3 is 15.2 Å². The van der Waals surface area contributed by atoms with Gasteiger partial charge in [-0.2, -0.15) is 0 Å². The summed E-state index contributed by atoms with van der Waals surface area (Å²) in [6.07, 6.45) is 0. The van der Waals surface area contributed by atoms with Gasteiger partial charge in [0.2, 0.25) is 0 Å². The Morgan fingerprint density at radius 1 is 1.12 bits per heavy atom. The van der Waals surface area contributed by atoms with E-state index in [9.17, 15) is 9.59 Å². The second-order valence-electron chi connectivity index (χ2n) is 5.84. The number of rotatable bonds is 5. The first kappa shape index (κ1) is 17.4. The lowest BCUT2D eigenvalue weighted by molar-refractivity contribution is -0.138. The van der Waals surface area contributed by atoms with E-state index in [4.69, 9.17) is 9.84 Å². The van der Waals surface area contributed by atoms with Gasteiger partial charge >= 0.3 is 5.97 Å². The lowest BCUT2D eigenvalue weighted by atomic mass is 10.0. The zero-order chi connectivity index (χ0) is 18.7. The highest BCUT2D eigenvalue weighted by Crippen LogP contribution is 2.27. The van der Waals surface area contributed by atoms with Gasteiger partial charge in [0.15, 0.2) is 0 Å². The third-order valence-electron chi connectivity index (χ3n) is 4.04. The van der Waals surface area contributed by atoms with Gasteiger partial charge in [-0.3, -0.25) is 9.59 Å². The maximum Gasteiger partial charge on any atom is 0.325 e. The lowest BCUT2D eigenvalue weighted by Gasteiger charge is -2.13. The molecule has 0 aliphatic heterocycles. The highest BCUT2D eigenvalue weighted by molar-refractivity contribution is 6.08. The second kappa shape index (κ2) is 7.23. The lowest BCUT2D eigenvalue weighted by Crippen LogP contribution is -2.38. The van der Waals surface area contributed by atoms with Crippen LogP contribution in [-0.4, -0.2) is 35.1 Å². The van der Waals surface area contributed by atoms with Crippen LogP contribution in [0.25, 0.3) is 22.2 Å². The minimum Gasteiger partial charge on any atom is -0.497 e. The van der Waals surface area contributed by atoms with Crippen LogP contribution in [0.15, 0.2) is 54.6 Å². The molecule has 3 rings (SSSR count). The van der Waals surface area contributed by atoms with Crippen molar-refractivity contribution >= 4 is 22.8 Å². The van der Waals surface area contributed by atoms with E-state index in [1.807, 2.05) is 42.5 Å². The van der Waals surface area contributed by atoms with E-state index in [1.165, 1.54) is 6.92 Å². The van der Waals surface area contributed by atoms with E-state index < -0.39 is 17.9 Å². The van der Waals surface area contributed by atoms with Crippen molar-refractivity contribution in [2.45, 2.75) is 13.0 Å². The first-order chi connectivity index (χ1) is 12.5. The molecule has 0 bridgehead atoms. The van der Waals surface area contributed by atoms with Gasteiger partial charge in [0, 0.05) is 10.9 Å².